The number of alkyl halides is 1. The van der Waals surface area contributed by atoms with E-state index < -0.39 is 0 Å². The molecule has 0 saturated carbocycles. The van der Waals surface area contributed by atoms with Gasteiger partial charge in [0.05, 0.1) is 0 Å². The van der Waals surface area contributed by atoms with Gasteiger partial charge in [-0.2, -0.15) is 0 Å². The van der Waals surface area contributed by atoms with Crippen LogP contribution in [-0.2, 0) is 0 Å². The zero-order chi connectivity index (χ0) is 6.53. The van der Waals surface area contributed by atoms with Crippen LogP contribution >= 0.6 is 0 Å². The lowest BCUT2D eigenvalue weighted by atomic mass is 10.3. The largest absolute Gasteiger partial charge is 0.310 e. The molecule has 9 heavy (non-hydrogen) atoms. The molecule has 1 atom stereocenters. The Labute approximate surface area is 54.8 Å². The predicted molar refractivity (Wildman–Crippen MR) is 34.3 cm³/mol. The summed E-state index contributed by atoms with van der Waals surface area (Å²) in [5.41, 5.74) is 0. The summed E-state index contributed by atoms with van der Waals surface area (Å²) in [7, 11) is 0. The maximum Gasteiger partial charge on any atom is 0.102 e. The van der Waals surface area contributed by atoms with Gasteiger partial charge >= 0.3 is 0 Å². The van der Waals surface area contributed by atoms with E-state index in [9.17, 15) is 4.39 Å². The van der Waals surface area contributed by atoms with Gasteiger partial charge in [-0.05, 0) is 6.42 Å². The molecule has 1 rings (SSSR count). The maximum absolute atomic E-state index is 11.6. The Morgan fingerprint density at radius 1 is 1.67 bits per heavy atom. The second kappa shape index (κ2) is 3.80. The summed E-state index contributed by atoms with van der Waals surface area (Å²) in [5.74, 6) is 0. The number of hydrogen-bond donors (Lipinski definition) is 1. The van der Waals surface area contributed by atoms with E-state index in [2.05, 4.69) is 10.6 Å². The van der Waals surface area contributed by atoms with Crippen molar-refractivity contribution < 1.29 is 4.39 Å². The zero-order valence-electron chi connectivity index (χ0n) is 5.44. The summed E-state index contributed by atoms with van der Waals surface area (Å²) in [6.07, 6.45) is 1.08. The Hall–Kier alpha value is -0.150. The number of halogens is 1. The van der Waals surface area contributed by atoms with Crippen molar-refractivity contribution >= 4 is 0 Å². The fourth-order valence-corrected chi connectivity index (χ4v) is 1.01. The molecule has 3 heteroatoms. The molecule has 1 aliphatic rings. The van der Waals surface area contributed by atoms with Gasteiger partial charge in [0, 0.05) is 25.7 Å². The third kappa shape index (κ3) is 2.28. The SMILES string of the molecule is FCCNC1CC[N]C1. The highest BCUT2D eigenvalue weighted by Crippen LogP contribution is 1.97. The molecule has 0 aliphatic carbocycles. The fourth-order valence-electron chi connectivity index (χ4n) is 1.01. The fraction of sp³-hybridized carbons (Fsp3) is 1.00. The van der Waals surface area contributed by atoms with Crippen LogP contribution in [0.1, 0.15) is 6.42 Å². The first-order valence-electron chi connectivity index (χ1n) is 3.36. The second-order valence-corrected chi connectivity index (χ2v) is 2.26. The normalized spacial score (nSPS) is 27.0. The number of nitrogens with one attached hydrogen (secondary N) is 1. The standard InChI is InChI=1S/C6H12FN2/c7-2-4-9-6-1-3-8-5-6/h6,9H,1-5H2. The van der Waals surface area contributed by atoms with Gasteiger partial charge in [0.2, 0.25) is 0 Å². The Kier molecular flexibility index (Phi) is 2.94. The predicted octanol–water partition coefficient (Wildman–Crippen LogP) is -0.0778. The Bertz CT molecular complexity index is 71.5. The lowest BCUT2D eigenvalue weighted by Gasteiger charge is -2.06. The molecule has 1 unspecified atom stereocenters. The molecular formula is C6H12FN2. The molecule has 1 radical (unpaired) electrons. The lowest BCUT2D eigenvalue weighted by Crippen LogP contribution is -2.31. The second-order valence-electron chi connectivity index (χ2n) is 2.26. The van der Waals surface area contributed by atoms with Crippen molar-refractivity contribution in [2.45, 2.75) is 12.5 Å². The molecule has 1 aliphatic heterocycles. The third-order valence-electron chi connectivity index (χ3n) is 1.51. The summed E-state index contributed by atoms with van der Waals surface area (Å²) in [6.45, 7) is 2.04. The van der Waals surface area contributed by atoms with Crippen molar-refractivity contribution in [3.63, 3.8) is 0 Å². The van der Waals surface area contributed by atoms with Crippen LogP contribution in [-0.4, -0.2) is 32.4 Å². The molecule has 0 amide bonds. The molecule has 1 N–H and O–H groups in total. The average molecular weight is 131 g/mol. The minimum atomic E-state index is -0.267. The molecule has 1 fully saturated rings. The lowest BCUT2D eigenvalue weighted by molar-refractivity contribution is 0.438. The van der Waals surface area contributed by atoms with E-state index in [4.69, 9.17) is 0 Å². The molecule has 0 aromatic carbocycles. The van der Waals surface area contributed by atoms with Gasteiger partial charge < -0.3 is 5.32 Å². The van der Waals surface area contributed by atoms with Gasteiger partial charge in [-0.3, -0.25) is 0 Å². The smallest absolute Gasteiger partial charge is 0.102 e. The van der Waals surface area contributed by atoms with Crippen molar-refractivity contribution in [2.24, 2.45) is 0 Å². The van der Waals surface area contributed by atoms with Gasteiger partial charge in [-0.25, -0.2) is 9.71 Å². The third-order valence-corrected chi connectivity index (χ3v) is 1.51. The number of hydrogen-bond acceptors (Lipinski definition) is 1. The molecule has 1 saturated heterocycles. The number of nitrogens with zero attached hydrogens (tertiary/aromatic N) is 1. The number of rotatable bonds is 3. The van der Waals surface area contributed by atoms with E-state index in [-0.39, 0.29) is 6.67 Å². The highest BCUT2D eigenvalue weighted by Gasteiger charge is 2.13. The van der Waals surface area contributed by atoms with E-state index in [1.165, 1.54) is 0 Å². The summed E-state index contributed by atoms with van der Waals surface area (Å²) < 4.78 is 11.6. The van der Waals surface area contributed by atoms with E-state index in [0.29, 0.717) is 12.6 Å². The van der Waals surface area contributed by atoms with Gasteiger partial charge in [0.1, 0.15) is 6.67 Å². The molecular weight excluding hydrogens is 119 g/mol. The van der Waals surface area contributed by atoms with Crippen molar-refractivity contribution in [2.75, 3.05) is 26.3 Å². The van der Waals surface area contributed by atoms with E-state index in [0.717, 1.165) is 19.5 Å². The summed E-state index contributed by atoms with van der Waals surface area (Å²) in [5, 5.41) is 7.20. The van der Waals surface area contributed by atoms with Gasteiger partial charge in [0.15, 0.2) is 0 Å². The first-order chi connectivity index (χ1) is 4.43. The van der Waals surface area contributed by atoms with Crippen molar-refractivity contribution in [3.8, 4) is 0 Å². The topological polar surface area (TPSA) is 26.1 Å². The van der Waals surface area contributed by atoms with Gasteiger partial charge in [0.25, 0.3) is 0 Å². The van der Waals surface area contributed by atoms with Crippen LogP contribution < -0.4 is 10.6 Å². The molecule has 53 valence electrons. The van der Waals surface area contributed by atoms with Crippen LogP contribution in [0, 0.1) is 0 Å². The summed E-state index contributed by atoms with van der Waals surface area (Å²) in [4.78, 5) is 0. The minimum Gasteiger partial charge on any atom is -0.310 e. The van der Waals surface area contributed by atoms with Crippen molar-refractivity contribution in [1.29, 1.82) is 0 Å². The maximum atomic E-state index is 11.6. The monoisotopic (exact) mass is 131 g/mol. The summed E-state index contributed by atoms with van der Waals surface area (Å²) in [6, 6.07) is 0.459. The van der Waals surface area contributed by atoms with E-state index in [1.807, 2.05) is 0 Å². The first kappa shape index (κ1) is 6.96. The highest BCUT2D eigenvalue weighted by molar-refractivity contribution is 4.76. The van der Waals surface area contributed by atoms with E-state index >= 15 is 0 Å². The molecule has 0 aromatic heterocycles. The molecule has 0 spiro atoms. The Morgan fingerprint density at radius 2 is 2.56 bits per heavy atom. The van der Waals surface area contributed by atoms with Crippen LogP contribution in [0.2, 0.25) is 0 Å². The Morgan fingerprint density at radius 3 is 3.11 bits per heavy atom. The van der Waals surface area contributed by atoms with Crippen LogP contribution in [0.25, 0.3) is 0 Å². The molecule has 1 heterocycles. The molecule has 2 nitrogen and oxygen atoms in total. The molecule has 0 bridgehead atoms. The minimum absolute atomic E-state index is 0.267. The van der Waals surface area contributed by atoms with Crippen molar-refractivity contribution in [1.82, 2.24) is 10.6 Å². The van der Waals surface area contributed by atoms with Crippen LogP contribution in [0.3, 0.4) is 0 Å². The van der Waals surface area contributed by atoms with Crippen LogP contribution in [0.4, 0.5) is 4.39 Å². The van der Waals surface area contributed by atoms with Gasteiger partial charge in [-0.15, -0.1) is 0 Å². The van der Waals surface area contributed by atoms with Crippen LogP contribution in [0.5, 0.6) is 0 Å². The molecule has 0 aromatic rings. The Balaban J connectivity index is 1.98. The zero-order valence-corrected chi connectivity index (χ0v) is 5.44. The summed E-state index contributed by atoms with van der Waals surface area (Å²) >= 11 is 0. The quantitative estimate of drug-likeness (QED) is 0.569. The average Bonchev–Trinajstić information content (AvgIpc) is 2.34. The van der Waals surface area contributed by atoms with Gasteiger partial charge in [-0.1, -0.05) is 0 Å². The first-order valence-corrected chi connectivity index (χ1v) is 3.36. The van der Waals surface area contributed by atoms with Crippen LogP contribution in [0.15, 0.2) is 0 Å². The van der Waals surface area contributed by atoms with Crippen molar-refractivity contribution in [3.05, 3.63) is 0 Å². The highest BCUT2D eigenvalue weighted by atomic mass is 19.1. The van der Waals surface area contributed by atoms with E-state index in [1.54, 1.807) is 0 Å².